The molecule has 0 fully saturated rings. The van der Waals surface area contributed by atoms with Crippen LogP contribution in [0.3, 0.4) is 0 Å². The minimum atomic E-state index is 0.276. The van der Waals surface area contributed by atoms with Gasteiger partial charge >= 0.3 is 0 Å². The van der Waals surface area contributed by atoms with Crippen LogP contribution in [0.15, 0.2) is 30.5 Å². The van der Waals surface area contributed by atoms with Gasteiger partial charge in [0, 0.05) is 18.4 Å². The van der Waals surface area contributed by atoms with E-state index in [2.05, 4.69) is 15.0 Å². The van der Waals surface area contributed by atoms with Crippen molar-refractivity contribution in [2.24, 2.45) is 5.73 Å². The second-order valence-corrected chi connectivity index (χ2v) is 4.83. The third-order valence-corrected chi connectivity index (χ3v) is 3.07. The Labute approximate surface area is 123 Å². The van der Waals surface area contributed by atoms with E-state index in [9.17, 15) is 0 Å². The Bertz CT molecular complexity index is 614. The zero-order chi connectivity index (χ0) is 14.5. The van der Waals surface area contributed by atoms with Crippen molar-refractivity contribution in [1.29, 1.82) is 0 Å². The first-order valence-corrected chi connectivity index (χ1v) is 6.81. The van der Waals surface area contributed by atoms with Gasteiger partial charge in [-0.1, -0.05) is 18.3 Å². The molecule has 6 heteroatoms. The number of aromatic nitrogens is 3. The van der Waals surface area contributed by atoms with Crippen LogP contribution in [0.1, 0.15) is 24.0 Å². The maximum atomic E-state index is 5.61. The van der Waals surface area contributed by atoms with E-state index in [0.29, 0.717) is 18.2 Å². The van der Waals surface area contributed by atoms with E-state index in [1.807, 2.05) is 36.9 Å². The molecule has 2 heterocycles. The molecule has 0 bridgehead atoms. The van der Waals surface area contributed by atoms with Gasteiger partial charge in [0.15, 0.2) is 0 Å². The van der Waals surface area contributed by atoms with Crippen LogP contribution in [0.25, 0.3) is 0 Å². The van der Waals surface area contributed by atoms with E-state index in [4.69, 9.17) is 18.0 Å². The summed E-state index contributed by atoms with van der Waals surface area (Å²) in [5, 5.41) is 0. The van der Waals surface area contributed by atoms with Crippen LogP contribution in [-0.4, -0.2) is 26.5 Å². The smallest absolute Gasteiger partial charge is 0.226 e. The van der Waals surface area contributed by atoms with Crippen LogP contribution in [0.4, 0.5) is 5.95 Å². The summed E-state index contributed by atoms with van der Waals surface area (Å²) in [6.45, 7) is 5.45. The summed E-state index contributed by atoms with van der Waals surface area (Å²) in [4.78, 5) is 15.5. The van der Waals surface area contributed by atoms with Crippen LogP contribution in [0.2, 0.25) is 0 Å². The van der Waals surface area contributed by atoms with Gasteiger partial charge in [0.05, 0.1) is 12.2 Å². The number of pyridine rings is 1. The average Bonchev–Trinajstić information content (AvgIpc) is 2.45. The fourth-order valence-electron chi connectivity index (χ4n) is 1.85. The molecule has 0 unspecified atom stereocenters. The number of nitrogens with two attached hydrogens (primary N) is 1. The molecule has 0 atom stereocenters. The fraction of sp³-hybridized carbons (Fsp3) is 0.286. The lowest BCUT2D eigenvalue weighted by Gasteiger charge is -2.20. The Morgan fingerprint density at radius 1 is 1.30 bits per heavy atom. The molecule has 0 aliphatic rings. The van der Waals surface area contributed by atoms with Crippen LogP contribution in [0, 0.1) is 6.92 Å². The molecule has 104 valence electrons. The van der Waals surface area contributed by atoms with Crippen LogP contribution >= 0.6 is 12.2 Å². The molecule has 0 saturated carbocycles. The van der Waals surface area contributed by atoms with Crippen molar-refractivity contribution in [3.63, 3.8) is 0 Å². The number of nitrogens with zero attached hydrogens (tertiary/aromatic N) is 4. The van der Waals surface area contributed by atoms with Gasteiger partial charge in [-0.25, -0.2) is 9.97 Å². The molecule has 5 nitrogen and oxygen atoms in total. The molecule has 0 aliphatic carbocycles. The number of anilines is 1. The molecule has 0 aliphatic heterocycles. The SMILES string of the molecule is CCN(Cc1cccc(C)n1)c1nccc(C(N)=S)n1. The molecular formula is C14H17N5S. The highest BCUT2D eigenvalue weighted by atomic mass is 32.1. The molecular weight excluding hydrogens is 270 g/mol. The topological polar surface area (TPSA) is 67.9 Å². The Hall–Kier alpha value is -2.08. The summed E-state index contributed by atoms with van der Waals surface area (Å²) in [5.41, 5.74) is 8.17. The number of rotatable bonds is 5. The Morgan fingerprint density at radius 2 is 2.10 bits per heavy atom. The van der Waals surface area contributed by atoms with Crippen molar-refractivity contribution in [3.05, 3.63) is 47.5 Å². The van der Waals surface area contributed by atoms with E-state index in [-0.39, 0.29) is 4.99 Å². The molecule has 20 heavy (non-hydrogen) atoms. The first-order chi connectivity index (χ1) is 9.60. The lowest BCUT2D eigenvalue weighted by molar-refractivity contribution is 0.771. The first-order valence-electron chi connectivity index (χ1n) is 6.40. The van der Waals surface area contributed by atoms with Gasteiger partial charge < -0.3 is 10.6 Å². The summed E-state index contributed by atoms with van der Waals surface area (Å²) in [6.07, 6.45) is 1.67. The average molecular weight is 287 g/mol. The Kier molecular flexibility index (Phi) is 4.57. The van der Waals surface area contributed by atoms with Crippen LogP contribution < -0.4 is 10.6 Å². The Morgan fingerprint density at radius 3 is 2.75 bits per heavy atom. The van der Waals surface area contributed by atoms with Gasteiger partial charge in [0.2, 0.25) is 5.95 Å². The van der Waals surface area contributed by atoms with Crippen LogP contribution in [0.5, 0.6) is 0 Å². The fourth-order valence-corrected chi connectivity index (χ4v) is 1.96. The van der Waals surface area contributed by atoms with Crippen molar-refractivity contribution < 1.29 is 0 Å². The Balaban J connectivity index is 2.24. The molecule has 0 aromatic carbocycles. The van der Waals surface area contributed by atoms with E-state index in [1.54, 1.807) is 12.3 Å². The van der Waals surface area contributed by atoms with Crippen LogP contribution in [-0.2, 0) is 6.54 Å². The van der Waals surface area contributed by atoms with Gasteiger partial charge in [-0.3, -0.25) is 4.98 Å². The lowest BCUT2D eigenvalue weighted by atomic mass is 10.3. The molecule has 2 rings (SSSR count). The monoisotopic (exact) mass is 287 g/mol. The normalized spacial score (nSPS) is 10.3. The standard InChI is InChI=1S/C14H17N5S/c1-3-19(9-11-6-4-5-10(2)17-11)14-16-8-7-12(18-14)13(15)20/h4-8H,3,9H2,1-2H3,(H2,15,20). The molecule has 0 spiro atoms. The van der Waals surface area contributed by atoms with Gasteiger partial charge in [0.25, 0.3) is 0 Å². The second kappa shape index (κ2) is 6.38. The summed E-state index contributed by atoms with van der Waals surface area (Å²) in [7, 11) is 0. The summed E-state index contributed by atoms with van der Waals surface area (Å²) in [5.74, 6) is 0.612. The van der Waals surface area contributed by atoms with Crippen molar-refractivity contribution >= 4 is 23.2 Å². The van der Waals surface area contributed by atoms with Crippen molar-refractivity contribution in [1.82, 2.24) is 15.0 Å². The van der Waals surface area contributed by atoms with Gasteiger partial charge in [0.1, 0.15) is 10.7 Å². The lowest BCUT2D eigenvalue weighted by Crippen LogP contribution is -2.26. The zero-order valence-corrected chi connectivity index (χ0v) is 12.4. The predicted molar refractivity (Wildman–Crippen MR) is 83.6 cm³/mol. The third-order valence-electron chi connectivity index (χ3n) is 2.86. The number of hydrogen-bond acceptors (Lipinski definition) is 5. The van der Waals surface area contributed by atoms with Crippen molar-refractivity contribution in [2.45, 2.75) is 20.4 Å². The molecule has 2 aromatic rings. The largest absolute Gasteiger partial charge is 0.388 e. The minimum absolute atomic E-state index is 0.276. The molecule has 2 N–H and O–H groups in total. The third kappa shape index (κ3) is 3.48. The van der Waals surface area contributed by atoms with Gasteiger partial charge in [-0.15, -0.1) is 0 Å². The molecule has 0 saturated heterocycles. The summed E-state index contributed by atoms with van der Waals surface area (Å²) < 4.78 is 0. The quantitative estimate of drug-likeness (QED) is 0.846. The van der Waals surface area contributed by atoms with Gasteiger partial charge in [-0.2, -0.15) is 0 Å². The highest BCUT2D eigenvalue weighted by molar-refractivity contribution is 7.80. The predicted octanol–water partition coefficient (Wildman–Crippen LogP) is 1.84. The molecule has 0 radical (unpaired) electrons. The van der Waals surface area contributed by atoms with Gasteiger partial charge in [-0.05, 0) is 32.0 Å². The summed E-state index contributed by atoms with van der Waals surface area (Å²) >= 11 is 4.95. The zero-order valence-electron chi connectivity index (χ0n) is 11.6. The highest BCUT2D eigenvalue weighted by Crippen LogP contribution is 2.11. The van der Waals surface area contributed by atoms with E-state index in [1.165, 1.54) is 0 Å². The van der Waals surface area contributed by atoms with Crippen molar-refractivity contribution in [3.8, 4) is 0 Å². The molecule has 2 aromatic heterocycles. The number of hydrogen-bond donors (Lipinski definition) is 1. The maximum absolute atomic E-state index is 5.61. The van der Waals surface area contributed by atoms with Crippen molar-refractivity contribution in [2.75, 3.05) is 11.4 Å². The van der Waals surface area contributed by atoms with E-state index < -0.39 is 0 Å². The highest BCUT2D eigenvalue weighted by Gasteiger charge is 2.10. The first kappa shape index (κ1) is 14.3. The maximum Gasteiger partial charge on any atom is 0.226 e. The minimum Gasteiger partial charge on any atom is -0.388 e. The number of thiocarbonyl (C=S) groups is 1. The second-order valence-electron chi connectivity index (χ2n) is 4.39. The molecule has 0 amide bonds. The number of aryl methyl sites for hydroxylation is 1. The van der Waals surface area contributed by atoms with E-state index >= 15 is 0 Å². The summed E-state index contributed by atoms with van der Waals surface area (Å²) in [6, 6.07) is 7.68. The van der Waals surface area contributed by atoms with E-state index in [0.717, 1.165) is 17.9 Å².